The third-order valence-corrected chi connectivity index (χ3v) is 7.60. The van der Waals surface area contributed by atoms with Gasteiger partial charge in [-0.05, 0) is 50.6 Å². The van der Waals surface area contributed by atoms with Crippen LogP contribution in [0.15, 0.2) is 31.7 Å². The van der Waals surface area contributed by atoms with E-state index in [1.807, 2.05) is 13.8 Å². The molecule has 0 bridgehead atoms. The van der Waals surface area contributed by atoms with Gasteiger partial charge in [-0.25, -0.2) is 4.79 Å². The van der Waals surface area contributed by atoms with Gasteiger partial charge in [0.25, 0.3) is 5.91 Å². The van der Waals surface area contributed by atoms with E-state index < -0.39 is 11.6 Å². The van der Waals surface area contributed by atoms with Gasteiger partial charge in [-0.3, -0.25) is 13.8 Å². The van der Waals surface area contributed by atoms with Crippen molar-refractivity contribution in [3.8, 4) is 11.4 Å². The van der Waals surface area contributed by atoms with Crippen LogP contribution < -0.4 is 11.0 Å². The Kier molecular flexibility index (Phi) is 7.54. The zero-order valence-corrected chi connectivity index (χ0v) is 19.7. The van der Waals surface area contributed by atoms with E-state index in [4.69, 9.17) is 0 Å². The largest absolute Gasteiger partial charge is 0.507 e. The molecule has 1 aromatic rings. The number of amides is 1. The minimum absolute atomic E-state index is 0.0831. The fourth-order valence-electron chi connectivity index (χ4n) is 2.91. The molecule has 160 valence electrons. The summed E-state index contributed by atoms with van der Waals surface area (Å²) in [7, 11) is 0. The molecule has 2 N–H and O–H groups in total. The van der Waals surface area contributed by atoms with Gasteiger partial charge in [0.2, 0.25) is 0 Å². The smallest absolute Gasteiger partial charge is 0.354 e. The fraction of sp³-hybridized carbons (Fsp3) is 0.350. The van der Waals surface area contributed by atoms with E-state index >= 15 is 0 Å². The van der Waals surface area contributed by atoms with Gasteiger partial charge in [0.1, 0.15) is 11.4 Å². The van der Waals surface area contributed by atoms with Gasteiger partial charge in [-0.15, -0.1) is 23.1 Å². The first-order chi connectivity index (χ1) is 14.3. The SMILES string of the molecule is Cc1sc(SCCCCCF)c2c(NC(=O)c3ccc(Br)cc3O)nc(=O)n-2c1C. The first-order valence-corrected chi connectivity index (χ1v) is 11.9. The van der Waals surface area contributed by atoms with Gasteiger partial charge >= 0.3 is 5.69 Å². The Hall–Kier alpha value is -1.91. The van der Waals surface area contributed by atoms with Crippen molar-refractivity contribution in [3.63, 3.8) is 0 Å². The van der Waals surface area contributed by atoms with Crippen LogP contribution in [-0.2, 0) is 0 Å². The molecule has 6 nitrogen and oxygen atoms in total. The van der Waals surface area contributed by atoms with Gasteiger partial charge in [-0.1, -0.05) is 22.4 Å². The zero-order valence-electron chi connectivity index (χ0n) is 16.5. The highest BCUT2D eigenvalue weighted by Gasteiger charge is 2.25. The molecule has 2 aliphatic heterocycles. The number of benzene rings is 1. The Morgan fingerprint density at radius 3 is 2.80 bits per heavy atom. The number of nitrogens with zero attached hydrogens (tertiary/aromatic N) is 2. The second kappa shape index (κ2) is 9.93. The van der Waals surface area contributed by atoms with Crippen molar-refractivity contribution in [1.82, 2.24) is 9.55 Å². The molecule has 0 saturated carbocycles. The maximum Gasteiger partial charge on any atom is 0.354 e. The fourth-order valence-corrected chi connectivity index (χ4v) is 5.78. The highest BCUT2D eigenvalue weighted by Crippen LogP contribution is 2.38. The summed E-state index contributed by atoms with van der Waals surface area (Å²) in [6.45, 7) is 3.45. The van der Waals surface area contributed by atoms with Gasteiger partial charge in [0.05, 0.1) is 16.4 Å². The van der Waals surface area contributed by atoms with Crippen molar-refractivity contribution < 1.29 is 14.3 Å². The maximum absolute atomic E-state index is 12.7. The Morgan fingerprint density at radius 2 is 2.10 bits per heavy atom. The van der Waals surface area contributed by atoms with E-state index in [1.54, 1.807) is 17.8 Å². The summed E-state index contributed by atoms with van der Waals surface area (Å²) < 4.78 is 15.3. The standard InChI is InChI=1S/C20H21BrFN3O3S2/c1-11-12(2)30-19(29-9-5-3-4-8-22)16-17(24-20(28)25(11)16)23-18(27)14-7-6-13(21)10-15(14)26/h6-7,10,26H,3-5,8-9H2,1-2H3,(H,23,24,27,28). The van der Waals surface area contributed by atoms with Gasteiger partial charge < -0.3 is 10.4 Å². The van der Waals surface area contributed by atoms with Crippen molar-refractivity contribution in [2.45, 2.75) is 37.3 Å². The number of rotatable bonds is 8. The van der Waals surface area contributed by atoms with Crippen LogP contribution in [0.25, 0.3) is 5.69 Å². The number of halogens is 2. The lowest BCUT2D eigenvalue weighted by atomic mass is 10.2. The van der Waals surface area contributed by atoms with E-state index in [0.717, 1.165) is 33.4 Å². The molecule has 1 aromatic carbocycles. The number of unbranched alkanes of at least 4 members (excludes halogenated alkanes) is 2. The number of phenols is 1. The van der Waals surface area contributed by atoms with Crippen LogP contribution in [-0.4, -0.2) is 33.0 Å². The average molecular weight is 514 g/mol. The Balaban J connectivity index is 1.94. The lowest BCUT2D eigenvalue weighted by molar-refractivity contribution is 0.102. The van der Waals surface area contributed by atoms with E-state index in [1.165, 1.54) is 28.0 Å². The summed E-state index contributed by atoms with van der Waals surface area (Å²) in [6, 6.07) is 4.56. The molecular weight excluding hydrogens is 493 g/mol. The maximum atomic E-state index is 12.7. The molecule has 0 aromatic heterocycles. The number of carbonyl (C=O) groups is 1. The van der Waals surface area contributed by atoms with Crippen molar-refractivity contribution >= 4 is 50.8 Å². The van der Waals surface area contributed by atoms with Crippen molar-refractivity contribution in [2.24, 2.45) is 0 Å². The second-order valence-electron chi connectivity index (χ2n) is 6.67. The minimum Gasteiger partial charge on any atom is -0.507 e. The number of aromatic hydroxyl groups is 1. The Morgan fingerprint density at radius 1 is 1.33 bits per heavy atom. The van der Waals surface area contributed by atoms with Crippen LogP contribution in [0.1, 0.15) is 40.2 Å². The molecule has 0 radical (unpaired) electrons. The number of nitrogens with one attached hydrogen (secondary N) is 1. The van der Waals surface area contributed by atoms with Crippen LogP contribution in [0, 0.1) is 13.8 Å². The number of alkyl halides is 1. The molecule has 2 aliphatic rings. The monoisotopic (exact) mass is 513 g/mol. The third-order valence-electron chi connectivity index (χ3n) is 4.58. The predicted molar refractivity (Wildman–Crippen MR) is 123 cm³/mol. The normalized spacial score (nSPS) is 11.2. The number of anilines is 1. The molecule has 10 heteroatoms. The molecule has 2 heterocycles. The van der Waals surface area contributed by atoms with Crippen LogP contribution in [0.2, 0.25) is 0 Å². The van der Waals surface area contributed by atoms with Crippen molar-refractivity contribution in [3.05, 3.63) is 49.3 Å². The topological polar surface area (TPSA) is 84.2 Å². The third kappa shape index (κ3) is 4.87. The number of aromatic nitrogens is 2. The first-order valence-electron chi connectivity index (χ1n) is 9.35. The molecule has 0 unspecified atom stereocenters. The number of aryl methyl sites for hydroxylation is 1. The van der Waals surface area contributed by atoms with Gasteiger partial charge in [-0.2, -0.15) is 4.98 Å². The highest BCUT2D eigenvalue weighted by atomic mass is 79.9. The van der Waals surface area contributed by atoms with E-state index in [2.05, 4.69) is 26.2 Å². The molecule has 30 heavy (non-hydrogen) atoms. The highest BCUT2D eigenvalue weighted by molar-refractivity contribution is 9.10. The first kappa shape index (κ1) is 22.8. The lowest BCUT2D eigenvalue weighted by Gasteiger charge is -2.15. The summed E-state index contributed by atoms with van der Waals surface area (Å²) in [5.74, 6) is 0.208. The van der Waals surface area contributed by atoms with Gasteiger partial charge in [0.15, 0.2) is 5.82 Å². The molecule has 0 saturated heterocycles. The number of thioether (sulfide) groups is 1. The summed E-state index contributed by atoms with van der Waals surface area (Å²) in [5.41, 5.74) is 0.933. The second-order valence-corrected chi connectivity index (χ2v) is 10.2. The molecule has 3 rings (SSSR count). The molecule has 0 aliphatic carbocycles. The predicted octanol–water partition coefficient (Wildman–Crippen LogP) is 5.30. The van der Waals surface area contributed by atoms with Crippen molar-refractivity contribution in [1.29, 1.82) is 0 Å². The Bertz CT molecular complexity index is 1100. The molecule has 1 amide bonds. The number of fused-ring (bicyclic) bond motifs is 1. The number of hydrogen-bond acceptors (Lipinski definition) is 6. The van der Waals surface area contributed by atoms with Crippen LogP contribution in [0.4, 0.5) is 10.2 Å². The van der Waals surface area contributed by atoms with E-state index in [-0.39, 0.29) is 23.8 Å². The van der Waals surface area contributed by atoms with E-state index in [9.17, 15) is 19.1 Å². The minimum atomic E-state index is -0.554. The summed E-state index contributed by atoms with van der Waals surface area (Å²) >= 11 is 6.34. The van der Waals surface area contributed by atoms with Crippen LogP contribution in [0.3, 0.4) is 0 Å². The molecular formula is C20H21BrFN3O3S2. The summed E-state index contributed by atoms with van der Waals surface area (Å²) in [4.78, 5) is 30.3. The summed E-state index contributed by atoms with van der Waals surface area (Å²) in [6.07, 6.45) is 2.20. The van der Waals surface area contributed by atoms with Crippen molar-refractivity contribution in [2.75, 3.05) is 17.7 Å². The molecule has 0 atom stereocenters. The molecule has 0 spiro atoms. The Labute approximate surface area is 190 Å². The number of phenolic OH excluding ortho intramolecular Hbond substituents is 1. The quantitative estimate of drug-likeness (QED) is 0.315. The number of carbonyl (C=O) groups excluding carboxylic acids is 1. The molecule has 0 fully saturated rings. The van der Waals surface area contributed by atoms with Crippen LogP contribution >= 0.6 is 39.0 Å². The van der Waals surface area contributed by atoms with E-state index in [0.29, 0.717) is 16.6 Å². The average Bonchev–Trinajstić information content (AvgIpc) is 3.01. The lowest BCUT2D eigenvalue weighted by Crippen LogP contribution is -2.17. The number of hydrogen-bond donors (Lipinski definition) is 2. The summed E-state index contributed by atoms with van der Waals surface area (Å²) in [5, 5.41) is 12.8. The number of imidazole rings is 1. The van der Waals surface area contributed by atoms with Gasteiger partial charge in [0, 0.05) is 15.0 Å². The van der Waals surface area contributed by atoms with Crippen LogP contribution in [0.5, 0.6) is 5.75 Å². The zero-order chi connectivity index (χ0) is 21.8.